The maximum Gasteiger partial charge on any atom is 0.262 e. The van der Waals surface area contributed by atoms with Crippen molar-refractivity contribution in [1.29, 1.82) is 0 Å². The molecule has 0 fully saturated rings. The maximum absolute atomic E-state index is 12.6. The molecule has 6 nitrogen and oxygen atoms in total. The quantitative estimate of drug-likeness (QED) is 0.316. The first kappa shape index (κ1) is 22.8. The number of amides is 2. The number of rotatable bonds is 8. The normalized spacial score (nSPS) is 11.7. The Labute approximate surface area is 200 Å². The molecule has 1 heterocycles. The Hall–Kier alpha value is -3.36. The van der Waals surface area contributed by atoms with E-state index in [1.807, 2.05) is 68.4 Å². The number of ether oxygens (including phenoxy) is 1. The summed E-state index contributed by atoms with van der Waals surface area (Å²) in [6, 6.07) is 22.6. The van der Waals surface area contributed by atoms with Crippen LogP contribution in [0.4, 0.5) is 10.8 Å². The van der Waals surface area contributed by atoms with Crippen LogP contribution in [0.3, 0.4) is 0 Å². The Morgan fingerprint density at radius 1 is 1.03 bits per heavy atom. The van der Waals surface area contributed by atoms with E-state index in [1.165, 1.54) is 23.1 Å². The largest absolute Gasteiger partial charge is 0.484 e. The number of thiazole rings is 1. The number of aryl methyl sites for hydroxylation is 1. The number of para-hydroxylation sites is 1. The second kappa shape index (κ2) is 10.5. The highest BCUT2D eigenvalue weighted by atomic mass is 32.2. The summed E-state index contributed by atoms with van der Waals surface area (Å²) in [6.45, 7) is 3.82. The number of carbonyl (C=O) groups excluding carboxylic acids is 2. The third kappa shape index (κ3) is 6.34. The molecule has 0 aliphatic carbocycles. The molecule has 3 aromatic carbocycles. The van der Waals surface area contributed by atoms with Crippen molar-refractivity contribution in [2.45, 2.75) is 24.0 Å². The number of benzene rings is 3. The summed E-state index contributed by atoms with van der Waals surface area (Å²) in [7, 11) is 0. The predicted octanol–water partition coefficient (Wildman–Crippen LogP) is 5.74. The van der Waals surface area contributed by atoms with Gasteiger partial charge >= 0.3 is 0 Å². The van der Waals surface area contributed by atoms with Crippen molar-refractivity contribution in [3.8, 4) is 5.75 Å². The fourth-order valence-electron chi connectivity index (χ4n) is 3.03. The molecule has 0 saturated carbocycles. The fourth-order valence-corrected chi connectivity index (χ4v) is 4.86. The number of hydrogen-bond donors (Lipinski definition) is 2. The Kier molecular flexibility index (Phi) is 7.26. The summed E-state index contributed by atoms with van der Waals surface area (Å²) in [5, 5.41) is 6.01. The van der Waals surface area contributed by atoms with E-state index in [4.69, 9.17) is 4.74 Å². The van der Waals surface area contributed by atoms with Gasteiger partial charge in [0.2, 0.25) is 5.91 Å². The molecular weight excluding hydrogens is 454 g/mol. The van der Waals surface area contributed by atoms with Gasteiger partial charge in [0.1, 0.15) is 5.75 Å². The van der Waals surface area contributed by atoms with Crippen LogP contribution in [-0.2, 0) is 9.59 Å². The fraction of sp³-hybridized carbons (Fsp3) is 0.160. The van der Waals surface area contributed by atoms with Gasteiger partial charge < -0.3 is 15.4 Å². The van der Waals surface area contributed by atoms with Crippen LogP contribution in [0.25, 0.3) is 10.2 Å². The Bertz CT molecular complexity index is 1260. The van der Waals surface area contributed by atoms with Crippen molar-refractivity contribution in [2.24, 2.45) is 0 Å². The number of hydrogen-bond acceptors (Lipinski definition) is 6. The molecule has 0 bridgehead atoms. The molecule has 33 heavy (non-hydrogen) atoms. The standard InChI is InChI=1S/C25H23N3O3S2/c1-16-8-13-21-22(14-16)33-25(27-21)28-24(30)17(2)32-20-11-9-18(10-12-20)26-23(29)15-31-19-6-4-3-5-7-19/h3-14,17H,15H2,1-2H3,(H,26,29)(H,27,28,30). The average Bonchev–Trinajstić information content (AvgIpc) is 3.21. The van der Waals surface area contributed by atoms with Crippen molar-refractivity contribution in [1.82, 2.24) is 4.98 Å². The number of carbonyl (C=O) groups is 2. The molecule has 0 spiro atoms. The van der Waals surface area contributed by atoms with E-state index < -0.39 is 0 Å². The van der Waals surface area contributed by atoms with Gasteiger partial charge in [-0.25, -0.2) is 4.98 Å². The van der Waals surface area contributed by atoms with Crippen LogP contribution in [0, 0.1) is 6.92 Å². The van der Waals surface area contributed by atoms with Gasteiger partial charge in [-0.1, -0.05) is 35.6 Å². The van der Waals surface area contributed by atoms with Crippen molar-refractivity contribution in [3.05, 3.63) is 78.4 Å². The van der Waals surface area contributed by atoms with Crippen LogP contribution >= 0.6 is 23.1 Å². The summed E-state index contributed by atoms with van der Waals surface area (Å²) < 4.78 is 6.50. The molecule has 0 aliphatic rings. The zero-order valence-corrected chi connectivity index (χ0v) is 19.8. The molecule has 8 heteroatoms. The van der Waals surface area contributed by atoms with Crippen LogP contribution in [0.2, 0.25) is 0 Å². The molecule has 0 aliphatic heterocycles. The lowest BCUT2D eigenvalue weighted by Gasteiger charge is -2.11. The van der Waals surface area contributed by atoms with Gasteiger partial charge in [-0.15, -0.1) is 11.8 Å². The average molecular weight is 478 g/mol. The van der Waals surface area contributed by atoms with Gasteiger partial charge in [-0.3, -0.25) is 9.59 Å². The summed E-state index contributed by atoms with van der Waals surface area (Å²) in [5.74, 6) is 0.303. The highest BCUT2D eigenvalue weighted by Crippen LogP contribution is 2.29. The second-order valence-electron chi connectivity index (χ2n) is 7.41. The molecule has 1 aromatic heterocycles. The number of anilines is 2. The zero-order valence-electron chi connectivity index (χ0n) is 18.2. The van der Waals surface area contributed by atoms with Gasteiger partial charge in [0.25, 0.3) is 5.91 Å². The molecule has 4 rings (SSSR count). The summed E-state index contributed by atoms with van der Waals surface area (Å²) in [4.78, 5) is 30.1. The lowest BCUT2D eigenvalue weighted by atomic mass is 10.2. The number of thioether (sulfide) groups is 1. The Morgan fingerprint density at radius 2 is 1.79 bits per heavy atom. The Balaban J connectivity index is 1.27. The smallest absolute Gasteiger partial charge is 0.262 e. The van der Waals surface area contributed by atoms with Crippen molar-refractivity contribution in [2.75, 3.05) is 17.2 Å². The van der Waals surface area contributed by atoms with Gasteiger partial charge in [0.15, 0.2) is 11.7 Å². The third-order valence-corrected chi connectivity index (χ3v) is 6.75. The lowest BCUT2D eigenvalue weighted by Crippen LogP contribution is -2.22. The first-order chi connectivity index (χ1) is 16.0. The first-order valence-corrected chi connectivity index (χ1v) is 12.1. The molecule has 0 radical (unpaired) electrons. The molecule has 1 atom stereocenters. The van der Waals surface area contributed by atoms with Gasteiger partial charge in [-0.05, 0) is 67.9 Å². The maximum atomic E-state index is 12.6. The van der Waals surface area contributed by atoms with Gasteiger partial charge in [0.05, 0.1) is 15.5 Å². The van der Waals surface area contributed by atoms with Crippen molar-refractivity contribution in [3.63, 3.8) is 0 Å². The van der Waals surface area contributed by atoms with Crippen LogP contribution in [0.15, 0.2) is 77.7 Å². The van der Waals surface area contributed by atoms with E-state index in [0.29, 0.717) is 16.6 Å². The molecule has 0 saturated heterocycles. The lowest BCUT2D eigenvalue weighted by molar-refractivity contribution is -0.118. The molecule has 2 amide bonds. The minimum Gasteiger partial charge on any atom is -0.484 e. The van der Waals surface area contributed by atoms with Crippen LogP contribution in [-0.4, -0.2) is 28.7 Å². The van der Waals surface area contributed by atoms with E-state index in [2.05, 4.69) is 21.7 Å². The minimum absolute atomic E-state index is 0.0664. The topological polar surface area (TPSA) is 80.3 Å². The molecule has 4 aromatic rings. The minimum atomic E-state index is -0.307. The number of fused-ring (bicyclic) bond motifs is 1. The van der Waals surface area contributed by atoms with Crippen molar-refractivity contribution >= 4 is 55.9 Å². The molecule has 2 N–H and O–H groups in total. The third-order valence-electron chi connectivity index (χ3n) is 4.71. The van der Waals surface area contributed by atoms with Crippen LogP contribution < -0.4 is 15.4 Å². The van der Waals surface area contributed by atoms with E-state index in [-0.39, 0.29) is 23.7 Å². The van der Waals surface area contributed by atoms with Crippen LogP contribution in [0.5, 0.6) is 5.75 Å². The number of nitrogens with one attached hydrogen (secondary N) is 2. The van der Waals surface area contributed by atoms with E-state index >= 15 is 0 Å². The number of nitrogens with zero attached hydrogens (tertiary/aromatic N) is 1. The first-order valence-electron chi connectivity index (χ1n) is 10.4. The highest BCUT2D eigenvalue weighted by Gasteiger charge is 2.16. The zero-order chi connectivity index (χ0) is 23.2. The summed E-state index contributed by atoms with van der Waals surface area (Å²) in [5.41, 5.74) is 2.72. The molecule has 1 unspecified atom stereocenters. The van der Waals surface area contributed by atoms with Gasteiger partial charge in [0, 0.05) is 10.6 Å². The SMILES string of the molecule is Cc1ccc2nc(NC(=O)C(C)Sc3ccc(NC(=O)COc4ccccc4)cc3)sc2c1. The predicted molar refractivity (Wildman–Crippen MR) is 135 cm³/mol. The summed E-state index contributed by atoms with van der Waals surface area (Å²) in [6.07, 6.45) is 0. The summed E-state index contributed by atoms with van der Waals surface area (Å²) >= 11 is 2.91. The highest BCUT2D eigenvalue weighted by molar-refractivity contribution is 8.00. The Morgan fingerprint density at radius 3 is 2.55 bits per heavy atom. The van der Waals surface area contributed by atoms with E-state index in [0.717, 1.165) is 20.7 Å². The monoisotopic (exact) mass is 477 g/mol. The van der Waals surface area contributed by atoms with Crippen molar-refractivity contribution < 1.29 is 14.3 Å². The van der Waals surface area contributed by atoms with Crippen LogP contribution in [0.1, 0.15) is 12.5 Å². The van der Waals surface area contributed by atoms with E-state index in [9.17, 15) is 9.59 Å². The number of aromatic nitrogens is 1. The van der Waals surface area contributed by atoms with Gasteiger partial charge in [-0.2, -0.15) is 0 Å². The second-order valence-corrected chi connectivity index (χ2v) is 9.86. The van der Waals surface area contributed by atoms with E-state index in [1.54, 1.807) is 12.1 Å². The molecular formula is C25H23N3O3S2. The molecule has 168 valence electrons.